The second-order valence-corrected chi connectivity index (χ2v) is 4.65. The van der Waals surface area contributed by atoms with E-state index in [9.17, 15) is 13.2 Å². The Hall–Kier alpha value is -2.63. The fourth-order valence-corrected chi connectivity index (χ4v) is 2.19. The van der Waals surface area contributed by atoms with Crippen molar-refractivity contribution in [3.05, 3.63) is 53.3 Å². The molecule has 0 atom stereocenters. The van der Waals surface area contributed by atoms with E-state index in [1.165, 1.54) is 0 Å². The molecule has 0 spiro atoms. The van der Waals surface area contributed by atoms with Crippen molar-refractivity contribution < 1.29 is 13.2 Å². The standard InChI is InChI=1S/C15H10F3N3/c1-7-3-2-4-9-13(7)20-15(21-14(9)19)12-10(17)5-8(16)6-11(12)18/h2-6H,1H3,(H2,19,20,21). The van der Waals surface area contributed by atoms with Gasteiger partial charge in [0.05, 0.1) is 11.1 Å². The van der Waals surface area contributed by atoms with Gasteiger partial charge in [0, 0.05) is 17.5 Å². The molecule has 0 saturated carbocycles. The number of rotatable bonds is 1. The zero-order valence-corrected chi connectivity index (χ0v) is 11.0. The lowest BCUT2D eigenvalue weighted by molar-refractivity contribution is 0.547. The van der Waals surface area contributed by atoms with Crippen LogP contribution in [0.5, 0.6) is 0 Å². The van der Waals surface area contributed by atoms with Gasteiger partial charge in [0.15, 0.2) is 5.82 Å². The number of halogens is 3. The summed E-state index contributed by atoms with van der Waals surface area (Å²) in [6, 6.07) is 6.48. The van der Waals surface area contributed by atoms with Crippen LogP contribution in [-0.2, 0) is 0 Å². The van der Waals surface area contributed by atoms with Crippen LogP contribution in [0, 0.1) is 24.4 Å². The number of nitrogens with zero attached hydrogens (tertiary/aromatic N) is 2. The van der Waals surface area contributed by atoms with Crippen molar-refractivity contribution in [1.82, 2.24) is 9.97 Å². The van der Waals surface area contributed by atoms with Crippen LogP contribution in [0.2, 0.25) is 0 Å². The molecule has 21 heavy (non-hydrogen) atoms. The lowest BCUT2D eigenvalue weighted by Crippen LogP contribution is -2.02. The third-order valence-electron chi connectivity index (χ3n) is 3.19. The highest BCUT2D eigenvalue weighted by Gasteiger charge is 2.18. The molecular weight excluding hydrogens is 279 g/mol. The van der Waals surface area contributed by atoms with Gasteiger partial charge in [0.2, 0.25) is 0 Å². The van der Waals surface area contributed by atoms with Crippen LogP contribution in [0.3, 0.4) is 0 Å². The van der Waals surface area contributed by atoms with Crippen molar-refractivity contribution in [2.24, 2.45) is 0 Å². The Morgan fingerprint density at radius 2 is 1.67 bits per heavy atom. The van der Waals surface area contributed by atoms with E-state index < -0.39 is 23.0 Å². The third-order valence-corrected chi connectivity index (χ3v) is 3.19. The highest BCUT2D eigenvalue weighted by Crippen LogP contribution is 2.28. The maximum Gasteiger partial charge on any atom is 0.168 e. The lowest BCUT2D eigenvalue weighted by Gasteiger charge is -2.09. The van der Waals surface area contributed by atoms with Gasteiger partial charge in [-0.3, -0.25) is 0 Å². The minimum absolute atomic E-state index is 0.113. The minimum atomic E-state index is -1.07. The molecule has 3 aromatic rings. The van der Waals surface area contributed by atoms with Gasteiger partial charge in [-0.25, -0.2) is 23.1 Å². The Morgan fingerprint density at radius 3 is 2.33 bits per heavy atom. The number of benzene rings is 2. The number of hydrogen-bond donors (Lipinski definition) is 1. The Labute approximate surface area is 118 Å². The van der Waals surface area contributed by atoms with Crippen molar-refractivity contribution in [2.75, 3.05) is 5.73 Å². The summed E-state index contributed by atoms with van der Waals surface area (Å²) in [6.07, 6.45) is 0. The van der Waals surface area contributed by atoms with Gasteiger partial charge in [0.25, 0.3) is 0 Å². The largest absolute Gasteiger partial charge is 0.383 e. The minimum Gasteiger partial charge on any atom is -0.383 e. The molecule has 0 unspecified atom stereocenters. The average Bonchev–Trinajstić information content (AvgIpc) is 2.39. The number of hydrogen-bond acceptors (Lipinski definition) is 3. The van der Waals surface area contributed by atoms with Crippen molar-refractivity contribution in [2.45, 2.75) is 6.92 Å². The first-order valence-electron chi connectivity index (χ1n) is 6.15. The summed E-state index contributed by atoms with van der Waals surface area (Å²) in [7, 11) is 0. The summed E-state index contributed by atoms with van der Waals surface area (Å²) in [4.78, 5) is 8.09. The first kappa shape index (κ1) is 13.4. The van der Waals surface area contributed by atoms with E-state index in [-0.39, 0.29) is 11.6 Å². The van der Waals surface area contributed by atoms with Gasteiger partial charge in [-0.15, -0.1) is 0 Å². The summed E-state index contributed by atoms with van der Waals surface area (Å²) in [5.41, 5.74) is 6.63. The molecule has 1 aromatic heterocycles. The molecule has 6 heteroatoms. The van der Waals surface area contributed by atoms with E-state index in [1.807, 2.05) is 0 Å². The zero-order valence-electron chi connectivity index (χ0n) is 11.0. The lowest BCUT2D eigenvalue weighted by atomic mass is 10.1. The summed E-state index contributed by atoms with van der Waals surface area (Å²) in [5.74, 6) is -3.23. The first-order valence-corrected chi connectivity index (χ1v) is 6.15. The molecule has 0 saturated heterocycles. The summed E-state index contributed by atoms with van der Waals surface area (Å²) in [6.45, 7) is 1.80. The topological polar surface area (TPSA) is 51.8 Å². The normalized spacial score (nSPS) is 11.0. The molecule has 3 nitrogen and oxygen atoms in total. The SMILES string of the molecule is Cc1cccc2c(N)nc(-c3c(F)cc(F)cc3F)nc12. The third kappa shape index (κ3) is 2.18. The van der Waals surface area contributed by atoms with Gasteiger partial charge < -0.3 is 5.73 Å². The van der Waals surface area contributed by atoms with Crippen LogP contribution in [0.15, 0.2) is 30.3 Å². The van der Waals surface area contributed by atoms with E-state index in [4.69, 9.17) is 5.73 Å². The van der Waals surface area contributed by atoms with Crippen LogP contribution in [0.1, 0.15) is 5.56 Å². The molecule has 1 heterocycles. The maximum absolute atomic E-state index is 13.8. The van der Waals surface area contributed by atoms with E-state index in [2.05, 4.69) is 9.97 Å². The van der Waals surface area contributed by atoms with Gasteiger partial charge >= 0.3 is 0 Å². The highest BCUT2D eigenvalue weighted by molar-refractivity contribution is 5.91. The van der Waals surface area contributed by atoms with Crippen LogP contribution >= 0.6 is 0 Å². The fraction of sp³-hybridized carbons (Fsp3) is 0.0667. The molecule has 0 bridgehead atoms. The van der Waals surface area contributed by atoms with Gasteiger partial charge in [0.1, 0.15) is 23.3 Å². The molecule has 106 valence electrons. The molecule has 0 fully saturated rings. The van der Waals surface area contributed by atoms with Crippen molar-refractivity contribution >= 4 is 16.7 Å². The predicted octanol–water partition coefficient (Wildman–Crippen LogP) is 3.60. The van der Waals surface area contributed by atoms with E-state index >= 15 is 0 Å². The van der Waals surface area contributed by atoms with Crippen molar-refractivity contribution in [3.8, 4) is 11.4 Å². The molecule has 0 aliphatic carbocycles. The fourth-order valence-electron chi connectivity index (χ4n) is 2.19. The molecular formula is C15H10F3N3. The van der Waals surface area contributed by atoms with E-state index in [0.717, 1.165) is 5.56 Å². The number of nitrogens with two attached hydrogens (primary N) is 1. The van der Waals surface area contributed by atoms with E-state index in [0.29, 0.717) is 23.0 Å². The molecule has 0 aliphatic heterocycles. The number of aromatic nitrogens is 2. The summed E-state index contributed by atoms with van der Waals surface area (Å²) < 4.78 is 40.6. The van der Waals surface area contributed by atoms with Crippen molar-refractivity contribution in [1.29, 1.82) is 0 Å². The number of aryl methyl sites for hydroxylation is 1. The molecule has 0 amide bonds. The van der Waals surface area contributed by atoms with E-state index in [1.54, 1.807) is 25.1 Å². The first-order chi connectivity index (χ1) is 9.97. The molecule has 0 aliphatic rings. The van der Waals surface area contributed by atoms with Crippen LogP contribution < -0.4 is 5.73 Å². The Bertz CT molecular complexity index is 839. The summed E-state index contributed by atoms with van der Waals surface area (Å²) in [5, 5.41) is 0.599. The molecule has 2 N–H and O–H groups in total. The number of fused-ring (bicyclic) bond motifs is 1. The van der Waals surface area contributed by atoms with Gasteiger partial charge in [-0.05, 0) is 18.6 Å². The average molecular weight is 289 g/mol. The summed E-state index contributed by atoms with van der Waals surface area (Å²) >= 11 is 0. The Kier molecular flexibility index (Phi) is 3.01. The molecule has 2 aromatic carbocycles. The quantitative estimate of drug-likeness (QED) is 0.744. The second kappa shape index (κ2) is 4.73. The Morgan fingerprint density at radius 1 is 1.00 bits per heavy atom. The van der Waals surface area contributed by atoms with Crippen LogP contribution in [0.25, 0.3) is 22.3 Å². The van der Waals surface area contributed by atoms with Gasteiger partial charge in [-0.1, -0.05) is 12.1 Å². The second-order valence-electron chi connectivity index (χ2n) is 4.65. The van der Waals surface area contributed by atoms with Crippen molar-refractivity contribution in [3.63, 3.8) is 0 Å². The number of anilines is 1. The van der Waals surface area contributed by atoms with Crippen LogP contribution in [0.4, 0.5) is 19.0 Å². The van der Waals surface area contributed by atoms with Gasteiger partial charge in [-0.2, -0.15) is 0 Å². The smallest absolute Gasteiger partial charge is 0.168 e. The highest BCUT2D eigenvalue weighted by atomic mass is 19.1. The molecule has 3 rings (SSSR count). The monoisotopic (exact) mass is 289 g/mol. The predicted molar refractivity (Wildman–Crippen MR) is 74.0 cm³/mol. The van der Waals surface area contributed by atoms with Crippen LogP contribution in [-0.4, -0.2) is 9.97 Å². The number of para-hydroxylation sites is 1. The molecule has 0 radical (unpaired) electrons. The zero-order chi connectivity index (χ0) is 15.1. The Balaban J connectivity index is 2.34. The number of nitrogen functional groups attached to an aromatic ring is 1. The maximum atomic E-state index is 13.8.